The van der Waals surface area contributed by atoms with Crippen LogP contribution in [0, 0.1) is 6.92 Å². The molecular formula is C15H24ClF2N3O3S. The molecule has 0 fully saturated rings. The van der Waals surface area contributed by atoms with Gasteiger partial charge < -0.3 is 11.1 Å². The van der Waals surface area contributed by atoms with Crippen molar-refractivity contribution in [2.75, 3.05) is 26.2 Å². The van der Waals surface area contributed by atoms with Gasteiger partial charge in [-0.3, -0.25) is 4.79 Å². The first kappa shape index (κ1) is 23.7. The quantitative estimate of drug-likeness (QED) is 0.696. The molecular weight excluding hydrogens is 376 g/mol. The Morgan fingerprint density at radius 2 is 1.84 bits per heavy atom. The van der Waals surface area contributed by atoms with Crippen molar-refractivity contribution in [3.63, 3.8) is 0 Å². The molecule has 1 aromatic rings. The number of nitrogens with two attached hydrogens (primary N) is 1. The zero-order valence-electron chi connectivity index (χ0n) is 14.4. The lowest BCUT2D eigenvalue weighted by Crippen LogP contribution is -2.41. The Kier molecular flexibility index (Phi) is 8.93. The first-order valence-electron chi connectivity index (χ1n) is 7.56. The van der Waals surface area contributed by atoms with E-state index in [4.69, 9.17) is 5.73 Å². The predicted octanol–water partition coefficient (Wildman–Crippen LogP) is 1.77. The lowest BCUT2D eigenvalue weighted by molar-refractivity contribution is 0.0118. The van der Waals surface area contributed by atoms with Gasteiger partial charge in [0.2, 0.25) is 10.0 Å². The Balaban J connectivity index is 0.00000576. The van der Waals surface area contributed by atoms with Crippen LogP contribution in [-0.2, 0) is 10.0 Å². The number of carbonyl (C=O) groups is 1. The maximum atomic E-state index is 13.2. The highest BCUT2D eigenvalue weighted by molar-refractivity contribution is 7.89. The number of nitrogens with zero attached hydrogens (tertiary/aromatic N) is 1. The number of alkyl halides is 2. The van der Waals surface area contributed by atoms with Crippen molar-refractivity contribution < 1.29 is 22.0 Å². The molecule has 25 heavy (non-hydrogen) atoms. The number of halogens is 3. The lowest BCUT2D eigenvalue weighted by Gasteiger charge is -2.19. The number of hydrogen-bond acceptors (Lipinski definition) is 4. The number of amides is 1. The summed E-state index contributed by atoms with van der Waals surface area (Å²) in [5.41, 5.74) is 5.45. The van der Waals surface area contributed by atoms with Gasteiger partial charge in [0.15, 0.2) is 0 Å². The van der Waals surface area contributed by atoms with E-state index in [1.165, 1.54) is 22.5 Å². The molecule has 1 rings (SSSR count). The van der Waals surface area contributed by atoms with E-state index in [1.54, 1.807) is 20.8 Å². The summed E-state index contributed by atoms with van der Waals surface area (Å²) in [6, 6.07) is 4.08. The van der Waals surface area contributed by atoms with Gasteiger partial charge in [-0.25, -0.2) is 17.2 Å². The smallest absolute Gasteiger partial charge is 0.277 e. The van der Waals surface area contributed by atoms with Crippen molar-refractivity contribution in [1.29, 1.82) is 0 Å². The van der Waals surface area contributed by atoms with Gasteiger partial charge in [-0.1, -0.05) is 19.9 Å². The summed E-state index contributed by atoms with van der Waals surface area (Å²) in [6.07, 6.45) is 0. The molecule has 0 saturated heterocycles. The molecule has 6 nitrogen and oxygen atoms in total. The van der Waals surface area contributed by atoms with E-state index in [0.717, 1.165) is 0 Å². The zero-order valence-corrected chi connectivity index (χ0v) is 16.0. The number of nitrogens with one attached hydrogen (secondary N) is 1. The third kappa shape index (κ3) is 5.88. The second kappa shape index (κ2) is 9.42. The first-order chi connectivity index (χ1) is 11.1. The van der Waals surface area contributed by atoms with Crippen LogP contribution in [0.25, 0.3) is 0 Å². The van der Waals surface area contributed by atoms with Crippen LogP contribution in [0.3, 0.4) is 0 Å². The number of rotatable bonds is 8. The summed E-state index contributed by atoms with van der Waals surface area (Å²) in [5.74, 6) is -3.98. The van der Waals surface area contributed by atoms with E-state index >= 15 is 0 Å². The van der Waals surface area contributed by atoms with Gasteiger partial charge in [-0.15, -0.1) is 12.4 Å². The summed E-state index contributed by atoms with van der Waals surface area (Å²) in [7, 11) is -3.74. The van der Waals surface area contributed by atoms with Crippen molar-refractivity contribution in [3.8, 4) is 0 Å². The van der Waals surface area contributed by atoms with Gasteiger partial charge in [0.05, 0.1) is 18.0 Å². The highest BCUT2D eigenvalue weighted by Gasteiger charge is 2.28. The van der Waals surface area contributed by atoms with E-state index in [-0.39, 0.29) is 36.0 Å². The Labute approximate surface area is 153 Å². The fourth-order valence-corrected chi connectivity index (χ4v) is 3.58. The molecule has 0 aliphatic carbocycles. The molecule has 0 aliphatic rings. The standard InChI is InChI=1S/C15H23F2N3O3S.ClH/c1-4-20(5-2)24(22,23)12-7-6-11(3)13(8-12)14(21)19-10-15(16,17)9-18;/h6-8H,4-5,9-10,18H2,1-3H3,(H,19,21);1H. The molecule has 0 spiro atoms. The number of hydrogen-bond donors (Lipinski definition) is 2. The summed E-state index contributed by atoms with van der Waals surface area (Å²) in [5, 5.41) is 2.09. The highest BCUT2D eigenvalue weighted by Crippen LogP contribution is 2.20. The first-order valence-corrected chi connectivity index (χ1v) is 9.00. The van der Waals surface area contributed by atoms with Crippen molar-refractivity contribution in [3.05, 3.63) is 29.3 Å². The van der Waals surface area contributed by atoms with Gasteiger partial charge in [0, 0.05) is 18.7 Å². The Morgan fingerprint density at radius 3 is 2.32 bits per heavy atom. The minimum atomic E-state index is -3.74. The summed E-state index contributed by atoms with van der Waals surface area (Å²) in [6.45, 7) is 3.80. The van der Waals surface area contributed by atoms with Crippen molar-refractivity contribution >= 4 is 28.3 Å². The van der Waals surface area contributed by atoms with Crippen LogP contribution >= 0.6 is 12.4 Å². The van der Waals surface area contributed by atoms with E-state index < -0.39 is 34.9 Å². The van der Waals surface area contributed by atoms with Crippen molar-refractivity contribution in [2.24, 2.45) is 5.73 Å². The third-order valence-electron chi connectivity index (χ3n) is 3.60. The van der Waals surface area contributed by atoms with Crippen LogP contribution in [0.15, 0.2) is 23.1 Å². The third-order valence-corrected chi connectivity index (χ3v) is 5.65. The average molecular weight is 400 g/mol. The number of sulfonamides is 1. The minimum Gasteiger partial charge on any atom is -0.346 e. The number of carbonyl (C=O) groups excluding carboxylic acids is 1. The van der Waals surface area contributed by atoms with E-state index in [0.29, 0.717) is 5.56 Å². The molecule has 1 aromatic carbocycles. The van der Waals surface area contributed by atoms with Gasteiger partial charge in [0.25, 0.3) is 11.8 Å². The molecule has 0 saturated carbocycles. The number of benzene rings is 1. The molecule has 144 valence electrons. The van der Waals surface area contributed by atoms with E-state index in [9.17, 15) is 22.0 Å². The molecule has 1 amide bonds. The molecule has 0 aromatic heterocycles. The second-order valence-electron chi connectivity index (χ2n) is 5.31. The average Bonchev–Trinajstić information content (AvgIpc) is 2.53. The summed E-state index contributed by atoms with van der Waals surface area (Å²) >= 11 is 0. The number of aryl methyl sites for hydroxylation is 1. The monoisotopic (exact) mass is 399 g/mol. The Morgan fingerprint density at radius 1 is 1.28 bits per heavy atom. The SMILES string of the molecule is CCN(CC)S(=O)(=O)c1ccc(C)c(C(=O)NCC(F)(F)CN)c1.Cl. The van der Waals surface area contributed by atoms with Crippen molar-refractivity contribution in [2.45, 2.75) is 31.6 Å². The normalized spacial score (nSPS) is 12.0. The topological polar surface area (TPSA) is 92.5 Å². The maximum absolute atomic E-state index is 13.2. The molecule has 0 atom stereocenters. The molecule has 0 bridgehead atoms. The fraction of sp³-hybridized carbons (Fsp3) is 0.533. The lowest BCUT2D eigenvalue weighted by atomic mass is 10.1. The molecule has 0 heterocycles. The van der Waals surface area contributed by atoms with Gasteiger partial charge >= 0.3 is 0 Å². The van der Waals surface area contributed by atoms with Gasteiger partial charge in [0.1, 0.15) is 0 Å². The molecule has 0 unspecified atom stereocenters. The highest BCUT2D eigenvalue weighted by atomic mass is 35.5. The molecule has 0 aliphatic heterocycles. The van der Waals surface area contributed by atoms with Gasteiger partial charge in [-0.2, -0.15) is 4.31 Å². The van der Waals surface area contributed by atoms with Crippen molar-refractivity contribution in [1.82, 2.24) is 9.62 Å². The Hall–Kier alpha value is -1.29. The van der Waals surface area contributed by atoms with Crippen LogP contribution < -0.4 is 11.1 Å². The minimum absolute atomic E-state index is 0. The van der Waals surface area contributed by atoms with Crippen LogP contribution in [0.4, 0.5) is 8.78 Å². The maximum Gasteiger partial charge on any atom is 0.277 e. The molecule has 3 N–H and O–H groups in total. The molecule has 0 radical (unpaired) electrons. The van der Waals surface area contributed by atoms with E-state index in [2.05, 4.69) is 5.32 Å². The Bertz CT molecular complexity index is 695. The predicted molar refractivity (Wildman–Crippen MR) is 94.9 cm³/mol. The second-order valence-corrected chi connectivity index (χ2v) is 7.25. The van der Waals surface area contributed by atoms with Crippen LogP contribution in [0.2, 0.25) is 0 Å². The van der Waals surface area contributed by atoms with Gasteiger partial charge in [-0.05, 0) is 24.6 Å². The summed E-state index contributed by atoms with van der Waals surface area (Å²) < 4.78 is 52.6. The van der Waals surface area contributed by atoms with Crippen LogP contribution in [-0.4, -0.2) is 50.7 Å². The largest absolute Gasteiger partial charge is 0.346 e. The fourth-order valence-electron chi connectivity index (χ4n) is 2.10. The zero-order chi connectivity index (χ0) is 18.5. The van der Waals surface area contributed by atoms with Crippen LogP contribution in [0.5, 0.6) is 0 Å². The van der Waals surface area contributed by atoms with Crippen LogP contribution in [0.1, 0.15) is 29.8 Å². The summed E-state index contributed by atoms with van der Waals surface area (Å²) in [4.78, 5) is 12.1. The molecule has 10 heteroatoms. The van der Waals surface area contributed by atoms with E-state index in [1.807, 2.05) is 0 Å².